The molecule has 1 saturated carbocycles. The molecule has 1 aliphatic carbocycles. The lowest BCUT2D eigenvalue weighted by atomic mass is 9.94. The van der Waals surface area contributed by atoms with Gasteiger partial charge in [0.2, 0.25) is 18.6 Å². The van der Waals surface area contributed by atoms with Gasteiger partial charge in [0.1, 0.15) is 18.1 Å². The molecule has 2 aliphatic heterocycles. The first-order valence-electron chi connectivity index (χ1n) is 15.8. The van der Waals surface area contributed by atoms with E-state index in [2.05, 4.69) is 20.5 Å². The van der Waals surface area contributed by atoms with Crippen molar-refractivity contribution >= 4 is 28.5 Å². The van der Waals surface area contributed by atoms with E-state index in [1.807, 2.05) is 66.7 Å². The number of nitrogens with one attached hydrogen (secondary N) is 1. The van der Waals surface area contributed by atoms with E-state index in [1.165, 1.54) is 6.42 Å². The molecule has 7 rings (SSSR count). The minimum Gasteiger partial charge on any atom is -0.454 e. The average molecular weight is 611 g/mol. The first-order valence-corrected chi connectivity index (χ1v) is 15.8. The molecule has 4 aromatic rings. The third kappa shape index (κ3) is 6.44. The highest BCUT2D eigenvalue weighted by molar-refractivity contribution is 5.89. The van der Waals surface area contributed by atoms with Gasteiger partial charge in [0, 0.05) is 31.4 Å². The molecule has 3 aromatic carbocycles. The van der Waals surface area contributed by atoms with E-state index >= 15 is 0 Å². The van der Waals surface area contributed by atoms with Gasteiger partial charge in [-0.3, -0.25) is 9.59 Å². The van der Waals surface area contributed by atoms with Gasteiger partial charge >= 0.3 is 0 Å². The van der Waals surface area contributed by atoms with Crippen molar-refractivity contribution < 1.29 is 23.8 Å². The monoisotopic (exact) mass is 610 g/mol. The summed E-state index contributed by atoms with van der Waals surface area (Å²) in [6, 6.07) is 20.4. The second kappa shape index (κ2) is 13.2. The zero-order valence-corrected chi connectivity index (χ0v) is 25.3. The Kier molecular flexibility index (Phi) is 8.50. The van der Waals surface area contributed by atoms with E-state index in [-0.39, 0.29) is 37.7 Å². The van der Waals surface area contributed by atoms with Crippen LogP contribution in [0.4, 0.5) is 5.69 Å². The van der Waals surface area contributed by atoms with Gasteiger partial charge in [-0.2, -0.15) is 0 Å². The normalized spacial score (nSPS) is 17.3. The number of morpholine rings is 1. The fourth-order valence-electron chi connectivity index (χ4n) is 6.50. The molecule has 1 atom stereocenters. The summed E-state index contributed by atoms with van der Waals surface area (Å²) in [6.07, 6.45) is 5.23. The molecule has 0 bridgehead atoms. The van der Waals surface area contributed by atoms with Crippen molar-refractivity contribution in [1.82, 2.24) is 25.2 Å². The molecule has 11 heteroatoms. The number of fused-ring (bicyclic) bond motifs is 2. The summed E-state index contributed by atoms with van der Waals surface area (Å²) in [5.74, 6) is 0.860. The Morgan fingerprint density at radius 1 is 0.933 bits per heavy atom. The first-order chi connectivity index (χ1) is 22.1. The highest BCUT2D eigenvalue weighted by Crippen LogP contribution is 2.34. The quantitative estimate of drug-likeness (QED) is 0.300. The van der Waals surface area contributed by atoms with Gasteiger partial charge in [0.25, 0.3) is 0 Å². The largest absolute Gasteiger partial charge is 0.454 e. The average Bonchev–Trinajstić information content (AvgIpc) is 3.72. The van der Waals surface area contributed by atoms with Crippen LogP contribution in [0.15, 0.2) is 66.7 Å². The predicted octanol–water partition coefficient (Wildman–Crippen LogP) is 4.22. The zero-order chi connectivity index (χ0) is 30.6. The summed E-state index contributed by atoms with van der Waals surface area (Å²) < 4.78 is 18.3. The van der Waals surface area contributed by atoms with E-state index in [0.29, 0.717) is 30.2 Å². The van der Waals surface area contributed by atoms with Gasteiger partial charge in [-0.15, -0.1) is 5.10 Å². The molecular weight excluding hydrogens is 572 g/mol. The van der Waals surface area contributed by atoms with Crippen LogP contribution in [-0.2, 0) is 27.4 Å². The summed E-state index contributed by atoms with van der Waals surface area (Å²) in [7, 11) is 0. The lowest BCUT2D eigenvalue weighted by molar-refractivity contribution is -0.142. The highest BCUT2D eigenvalue weighted by Gasteiger charge is 2.34. The van der Waals surface area contributed by atoms with Gasteiger partial charge in [-0.25, -0.2) is 4.68 Å². The molecular formula is C34H38N6O5. The molecule has 2 amide bonds. The van der Waals surface area contributed by atoms with Crippen LogP contribution in [-0.4, -0.2) is 70.8 Å². The third-order valence-corrected chi connectivity index (χ3v) is 8.91. The molecule has 0 spiro atoms. The summed E-state index contributed by atoms with van der Waals surface area (Å²) in [5.41, 5.74) is 4.11. The lowest BCUT2D eigenvalue weighted by Gasteiger charge is -2.34. The number of carbonyl (C=O) groups excluding carboxylic acids is 2. The molecule has 45 heavy (non-hydrogen) atoms. The Morgan fingerprint density at radius 2 is 1.71 bits per heavy atom. The maximum absolute atomic E-state index is 14.4. The minimum atomic E-state index is -0.863. The van der Waals surface area contributed by atoms with Crippen molar-refractivity contribution in [3.05, 3.63) is 77.9 Å². The Hall–Kier alpha value is -4.64. The fourth-order valence-corrected chi connectivity index (χ4v) is 6.50. The number of amides is 2. The molecule has 3 aliphatic rings. The molecule has 3 heterocycles. The molecule has 1 N–H and O–H groups in total. The molecule has 1 aromatic heterocycles. The minimum absolute atomic E-state index is 0.0653. The maximum atomic E-state index is 14.4. The van der Waals surface area contributed by atoms with Crippen molar-refractivity contribution in [2.75, 3.05) is 38.0 Å². The fraction of sp³-hybridized carbons (Fsp3) is 0.412. The van der Waals surface area contributed by atoms with Crippen LogP contribution in [0.25, 0.3) is 11.0 Å². The third-order valence-electron chi connectivity index (χ3n) is 8.91. The predicted molar refractivity (Wildman–Crippen MR) is 168 cm³/mol. The van der Waals surface area contributed by atoms with Crippen LogP contribution < -0.4 is 19.7 Å². The van der Waals surface area contributed by atoms with Crippen LogP contribution in [0.1, 0.15) is 49.3 Å². The summed E-state index contributed by atoms with van der Waals surface area (Å²) in [6.45, 7) is 3.27. The second-order valence-corrected chi connectivity index (χ2v) is 11.9. The van der Waals surface area contributed by atoms with Crippen molar-refractivity contribution in [2.45, 2.75) is 57.3 Å². The molecule has 2 fully saturated rings. The number of hydrogen-bond acceptors (Lipinski definition) is 8. The Bertz CT molecular complexity index is 1640. The molecule has 1 saturated heterocycles. The Labute approximate surface area is 262 Å². The first kappa shape index (κ1) is 29.1. The number of anilines is 1. The van der Waals surface area contributed by atoms with E-state index < -0.39 is 6.04 Å². The molecule has 11 nitrogen and oxygen atoms in total. The highest BCUT2D eigenvalue weighted by atomic mass is 16.7. The maximum Gasteiger partial charge on any atom is 0.247 e. The van der Waals surface area contributed by atoms with Crippen LogP contribution in [0.2, 0.25) is 0 Å². The smallest absolute Gasteiger partial charge is 0.247 e. The van der Waals surface area contributed by atoms with E-state index in [0.717, 1.165) is 61.1 Å². The Morgan fingerprint density at radius 3 is 2.53 bits per heavy atom. The molecule has 234 valence electrons. The van der Waals surface area contributed by atoms with Gasteiger partial charge in [-0.1, -0.05) is 54.8 Å². The van der Waals surface area contributed by atoms with E-state index in [9.17, 15) is 9.59 Å². The lowest BCUT2D eigenvalue weighted by Crippen LogP contribution is -2.47. The number of rotatable bonds is 9. The van der Waals surface area contributed by atoms with Crippen LogP contribution in [0.5, 0.6) is 11.5 Å². The summed E-state index contributed by atoms with van der Waals surface area (Å²) >= 11 is 0. The zero-order valence-electron chi connectivity index (χ0n) is 25.3. The Balaban J connectivity index is 1.25. The number of carbonyl (C=O) groups is 2. The van der Waals surface area contributed by atoms with Crippen molar-refractivity contribution in [2.24, 2.45) is 0 Å². The molecule has 0 unspecified atom stereocenters. The number of ether oxygens (including phenoxy) is 3. The summed E-state index contributed by atoms with van der Waals surface area (Å²) in [4.78, 5) is 32.7. The number of para-hydroxylation sites is 1. The number of nitrogens with zero attached hydrogens (tertiary/aromatic N) is 5. The van der Waals surface area contributed by atoms with Gasteiger partial charge in [0.15, 0.2) is 11.5 Å². The van der Waals surface area contributed by atoms with E-state index in [4.69, 9.17) is 14.2 Å². The van der Waals surface area contributed by atoms with Crippen molar-refractivity contribution in [3.63, 3.8) is 0 Å². The SMILES string of the molecule is O=C(NC1CCCCC1)[C@@H](c1ccc(N2CCOCC2)cc1)N(Cc1ccc2c(c1)OCO2)C(=O)Cn1nnc2ccccc21. The van der Waals surface area contributed by atoms with Crippen molar-refractivity contribution in [1.29, 1.82) is 0 Å². The van der Waals surface area contributed by atoms with Gasteiger partial charge < -0.3 is 29.3 Å². The number of benzene rings is 3. The van der Waals surface area contributed by atoms with Crippen LogP contribution >= 0.6 is 0 Å². The standard InChI is InChI=1S/C34H38N6O5/c41-32(22-40-29-9-5-4-8-28(29)36-37-40)39(21-24-10-15-30-31(20-24)45-23-44-30)33(34(42)35-26-6-2-1-3-7-26)25-11-13-27(14-12-25)38-16-18-43-19-17-38/h4-5,8-15,20,26,33H,1-3,6-7,16-19,21-23H2,(H,35,42)/t33-/m1/s1. The number of aromatic nitrogens is 3. The second-order valence-electron chi connectivity index (χ2n) is 11.9. The van der Waals surface area contributed by atoms with Crippen LogP contribution in [0, 0.1) is 0 Å². The van der Waals surface area contributed by atoms with Crippen molar-refractivity contribution in [3.8, 4) is 11.5 Å². The molecule has 0 radical (unpaired) electrons. The topological polar surface area (TPSA) is 111 Å². The number of hydrogen-bond donors (Lipinski definition) is 1. The summed E-state index contributed by atoms with van der Waals surface area (Å²) in [5, 5.41) is 11.8. The van der Waals surface area contributed by atoms with Crippen LogP contribution in [0.3, 0.4) is 0 Å². The van der Waals surface area contributed by atoms with E-state index in [1.54, 1.807) is 9.58 Å². The van der Waals surface area contributed by atoms with Gasteiger partial charge in [0.05, 0.1) is 18.7 Å². The van der Waals surface area contributed by atoms with Gasteiger partial charge in [-0.05, 0) is 60.4 Å².